The van der Waals surface area contributed by atoms with Crippen molar-refractivity contribution in [2.75, 3.05) is 4.90 Å². The minimum absolute atomic E-state index is 0.138. The molecule has 7 nitrogen and oxygen atoms in total. The average Bonchev–Trinajstić information content (AvgIpc) is 3.52. The van der Waals surface area contributed by atoms with Crippen molar-refractivity contribution >= 4 is 28.5 Å². The number of amides is 2. The summed E-state index contributed by atoms with van der Waals surface area (Å²) in [5.41, 5.74) is 7.49. The zero-order chi connectivity index (χ0) is 26.6. The molecule has 2 amide bonds. The van der Waals surface area contributed by atoms with Gasteiger partial charge in [0.2, 0.25) is 0 Å². The summed E-state index contributed by atoms with van der Waals surface area (Å²) in [6.07, 6.45) is 0.771. The van der Waals surface area contributed by atoms with Crippen LogP contribution in [0.4, 0.5) is 5.69 Å². The smallest absolute Gasteiger partial charge is 0.268 e. The second kappa shape index (κ2) is 8.66. The van der Waals surface area contributed by atoms with E-state index in [4.69, 9.17) is 0 Å². The van der Waals surface area contributed by atoms with Crippen molar-refractivity contribution < 1.29 is 14.7 Å². The Kier molecular flexibility index (Phi) is 5.38. The number of nitrogens with zero attached hydrogens (tertiary/aromatic N) is 4. The second-order valence-corrected chi connectivity index (χ2v) is 9.93. The fourth-order valence-electron chi connectivity index (χ4n) is 5.38. The molecular formula is C31H26N4O3. The van der Waals surface area contributed by atoms with Crippen molar-refractivity contribution in [3.8, 4) is 11.4 Å². The van der Waals surface area contributed by atoms with Gasteiger partial charge in [-0.15, -0.1) is 15.0 Å². The molecule has 1 N–H and O–H groups in total. The number of rotatable bonds is 4. The maximum absolute atomic E-state index is 11.2. The van der Waals surface area contributed by atoms with Crippen LogP contribution in [0.1, 0.15) is 58.2 Å². The van der Waals surface area contributed by atoms with Gasteiger partial charge in [0.15, 0.2) is 0 Å². The van der Waals surface area contributed by atoms with Crippen LogP contribution in [0, 0.1) is 0 Å². The highest BCUT2D eigenvalue weighted by molar-refractivity contribution is 6.44. The molecule has 7 heteroatoms. The molecule has 8 rings (SSSR count). The highest BCUT2D eigenvalue weighted by Gasteiger charge is 2.49. The van der Waals surface area contributed by atoms with Crippen molar-refractivity contribution in [3.05, 3.63) is 113 Å². The highest BCUT2D eigenvalue weighted by atomic mass is 16.3. The number of aromatic nitrogens is 3. The minimum Gasteiger partial charge on any atom is -0.506 e. The Morgan fingerprint density at radius 1 is 0.789 bits per heavy atom. The standard InChI is InChI=1S/C23H23N3O.C8H3NO2/c1-4-17-18(23(2,3)16-10-6-5-7-11-16)14-15-21(27)22(17)26-24-19-12-8-9-13-20(19)25-26;10-7-4-2-1-3-5-6(4)8(11)9(5)7/h5-15,27H,4H2,1-3H3;1-3H. The zero-order valence-electron chi connectivity index (χ0n) is 21.3. The summed E-state index contributed by atoms with van der Waals surface area (Å²) in [6.45, 7) is 6.53. The summed E-state index contributed by atoms with van der Waals surface area (Å²) in [6, 6.07) is 27.2. The molecule has 1 aromatic heterocycles. The van der Waals surface area contributed by atoms with E-state index >= 15 is 0 Å². The van der Waals surface area contributed by atoms with Crippen LogP contribution in [0.3, 0.4) is 0 Å². The summed E-state index contributed by atoms with van der Waals surface area (Å²) in [7, 11) is 0. The largest absolute Gasteiger partial charge is 0.506 e. The molecule has 5 aromatic rings. The van der Waals surface area contributed by atoms with Crippen LogP contribution < -0.4 is 4.90 Å². The molecule has 0 spiro atoms. The van der Waals surface area contributed by atoms with E-state index in [1.807, 2.05) is 36.4 Å². The number of fused-ring (bicyclic) bond motifs is 1. The van der Waals surface area contributed by atoms with E-state index in [2.05, 4.69) is 55.2 Å². The van der Waals surface area contributed by atoms with E-state index in [0.717, 1.165) is 28.7 Å². The maximum Gasteiger partial charge on any atom is 0.268 e. The number of benzene rings is 4. The summed E-state index contributed by atoms with van der Waals surface area (Å²) in [5.74, 6) is -0.106. The van der Waals surface area contributed by atoms with Gasteiger partial charge >= 0.3 is 0 Å². The monoisotopic (exact) mass is 502 g/mol. The van der Waals surface area contributed by atoms with E-state index in [9.17, 15) is 14.7 Å². The molecule has 4 heterocycles. The highest BCUT2D eigenvalue weighted by Crippen LogP contribution is 2.43. The van der Waals surface area contributed by atoms with Gasteiger partial charge in [-0.05, 0) is 53.4 Å². The van der Waals surface area contributed by atoms with Crippen molar-refractivity contribution in [2.45, 2.75) is 32.6 Å². The lowest BCUT2D eigenvalue weighted by atomic mass is 9.75. The Balaban J connectivity index is 0.000000197. The number of phenolic OH excluding ortho intramolecular Hbond substituents is 1. The summed E-state index contributed by atoms with van der Waals surface area (Å²) >= 11 is 0. The van der Waals surface area contributed by atoms with Crippen LogP contribution in [-0.4, -0.2) is 31.9 Å². The molecule has 3 aliphatic heterocycles. The quantitative estimate of drug-likeness (QED) is 0.313. The molecule has 188 valence electrons. The first-order chi connectivity index (χ1) is 18.3. The SMILES string of the molecule is CCc1c(C(C)(C)c2ccccc2)ccc(O)c1-n1nc2ccccc2n1.O=C1c2cccc3c2C(=O)N13. The molecule has 0 saturated carbocycles. The molecule has 4 aromatic carbocycles. The van der Waals surface area contributed by atoms with E-state index in [1.165, 1.54) is 16.0 Å². The van der Waals surface area contributed by atoms with E-state index in [-0.39, 0.29) is 23.0 Å². The van der Waals surface area contributed by atoms with Crippen molar-refractivity contribution in [2.24, 2.45) is 0 Å². The lowest BCUT2D eigenvalue weighted by molar-refractivity contribution is 0.0912. The molecule has 0 saturated heterocycles. The Morgan fingerprint density at radius 3 is 2.05 bits per heavy atom. The van der Waals surface area contributed by atoms with Crippen molar-refractivity contribution in [3.63, 3.8) is 0 Å². The molecule has 38 heavy (non-hydrogen) atoms. The van der Waals surface area contributed by atoms with Gasteiger partial charge in [-0.3, -0.25) is 9.59 Å². The molecule has 0 radical (unpaired) electrons. The fraction of sp³-hybridized carbons (Fsp3) is 0.161. The topological polar surface area (TPSA) is 88.3 Å². The Labute approximate surface area is 220 Å². The van der Waals surface area contributed by atoms with Crippen molar-refractivity contribution in [1.82, 2.24) is 15.0 Å². The number of imide groups is 1. The number of anilines is 1. The number of carbonyl (C=O) groups excluding carboxylic acids is 2. The van der Waals surface area contributed by atoms with Crippen LogP contribution >= 0.6 is 0 Å². The molecule has 4 bridgehead atoms. The lowest BCUT2D eigenvalue weighted by Crippen LogP contribution is -2.35. The number of phenols is 1. The van der Waals surface area contributed by atoms with Gasteiger partial charge in [0.05, 0.1) is 16.8 Å². The number of carbonyl (C=O) groups is 2. The Morgan fingerprint density at radius 2 is 1.45 bits per heavy atom. The maximum atomic E-state index is 11.2. The van der Waals surface area contributed by atoms with Gasteiger partial charge in [-0.1, -0.05) is 75.4 Å². The number of aromatic hydroxyl groups is 1. The summed E-state index contributed by atoms with van der Waals surface area (Å²) < 4.78 is 0. The van der Waals surface area contributed by atoms with Crippen LogP contribution in [0.2, 0.25) is 0 Å². The molecule has 0 atom stereocenters. The molecule has 0 unspecified atom stereocenters. The first-order valence-corrected chi connectivity index (χ1v) is 12.6. The number of hydrogen-bond donors (Lipinski definition) is 1. The van der Waals surface area contributed by atoms with Gasteiger partial charge in [0, 0.05) is 5.41 Å². The third-order valence-corrected chi connectivity index (χ3v) is 7.40. The van der Waals surface area contributed by atoms with E-state index < -0.39 is 0 Å². The van der Waals surface area contributed by atoms with Crippen LogP contribution in [0.15, 0.2) is 84.9 Å². The minimum atomic E-state index is -0.207. The van der Waals surface area contributed by atoms with Gasteiger partial charge in [0.25, 0.3) is 11.8 Å². The fourth-order valence-corrected chi connectivity index (χ4v) is 5.38. The predicted octanol–water partition coefficient (Wildman–Crippen LogP) is 5.82. The first-order valence-electron chi connectivity index (χ1n) is 12.6. The number of hydrogen-bond acceptors (Lipinski definition) is 5. The van der Waals surface area contributed by atoms with Crippen LogP contribution in [-0.2, 0) is 11.8 Å². The molecular weight excluding hydrogens is 476 g/mol. The van der Waals surface area contributed by atoms with Gasteiger partial charge in [0.1, 0.15) is 22.5 Å². The summed E-state index contributed by atoms with van der Waals surface area (Å²) in [4.78, 5) is 25.0. The average molecular weight is 503 g/mol. The van der Waals surface area contributed by atoms with Gasteiger partial charge in [-0.25, -0.2) is 4.90 Å². The third kappa shape index (κ3) is 3.43. The molecule has 0 aliphatic carbocycles. The summed E-state index contributed by atoms with van der Waals surface area (Å²) in [5, 5.41) is 19.8. The van der Waals surface area contributed by atoms with Crippen LogP contribution in [0.5, 0.6) is 5.75 Å². The van der Waals surface area contributed by atoms with Crippen molar-refractivity contribution in [1.29, 1.82) is 0 Å². The first kappa shape index (κ1) is 23.6. The zero-order valence-corrected chi connectivity index (χ0v) is 21.3. The predicted molar refractivity (Wildman–Crippen MR) is 146 cm³/mol. The Bertz CT molecular complexity index is 1700. The third-order valence-electron chi connectivity index (χ3n) is 7.40. The van der Waals surface area contributed by atoms with Crippen LogP contribution in [0.25, 0.3) is 16.7 Å². The second-order valence-electron chi connectivity index (χ2n) is 9.93. The van der Waals surface area contributed by atoms with E-state index in [0.29, 0.717) is 16.8 Å². The molecule has 0 fully saturated rings. The van der Waals surface area contributed by atoms with Gasteiger partial charge in [-0.2, -0.15) is 0 Å². The Hall–Kier alpha value is -4.78. The van der Waals surface area contributed by atoms with Gasteiger partial charge < -0.3 is 5.11 Å². The molecule has 3 aliphatic rings. The lowest BCUT2D eigenvalue weighted by Gasteiger charge is -2.29. The van der Waals surface area contributed by atoms with E-state index in [1.54, 1.807) is 29.1 Å². The normalized spacial score (nSPS) is 13.4.